The molecular weight excluding hydrogens is 240 g/mol. The minimum atomic E-state index is -0.441. The normalized spacial score (nSPS) is 12.1. The van der Waals surface area contributed by atoms with Crippen LogP contribution in [0.1, 0.15) is 18.9 Å². The third kappa shape index (κ3) is 3.42. The van der Waals surface area contributed by atoms with Crippen molar-refractivity contribution in [2.24, 2.45) is 5.73 Å². The average molecular weight is 258 g/mol. The molecule has 0 fully saturated rings. The highest BCUT2D eigenvalue weighted by Crippen LogP contribution is 2.07. The fourth-order valence-corrected chi connectivity index (χ4v) is 1.68. The maximum absolute atomic E-state index is 11.6. The number of aromatic nitrogens is 2. The van der Waals surface area contributed by atoms with Crippen molar-refractivity contribution in [2.75, 3.05) is 0 Å². The molecule has 2 aromatic rings. The van der Waals surface area contributed by atoms with Crippen LogP contribution in [0.15, 0.2) is 42.7 Å². The largest absolute Gasteiger partial charge is 0.351 e. The quantitative estimate of drug-likeness (QED) is 0.847. The van der Waals surface area contributed by atoms with Gasteiger partial charge in [0.2, 0.25) is 5.91 Å². The summed E-state index contributed by atoms with van der Waals surface area (Å²) in [6.07, 6.45) is 4.27. The van der Waals surface area contributed by atoms with Crippen LogP contribution in [-0.4, -0.2) is 21.7 Å². The number of rotatable bonds is 5. The van der Waals surface area contributed by atoms with Crippen molar-refractivity contribution in [2.45, 2.75) is 25.9 Å². The van der Waals surface area contributed by atoms with Crippen molar-refractivity contribution in [1.29, 1.82) is 0 Å². The molecule has 0 radical (unpaired) electrons. The van der Waals surface area contributed by atoms with Gasteiger partial charge in [-0.25, -0.2) is 4.68 Å². The molecule has 1 heterocycles. The number of para-hydroxylation sites is 1. The lowest BCUT2D eigenvalue weighted by Crippen LogP contribution is -2.39. The highest BCUT2D eigenvalue weighted by molar-refractivity contribution is 5.81. The van der Waals surface area contributed by atoms with Gasteiger partial charge in [-0.1, -0.05) is 25.1 Å². The second-order valence-electron chi connectivity index (χ2n) is 4.36. The van der Waals surface area contributed by atoms with Crippen molar-refractivity contribution < 1.29 is 4.79 Å². The first-order chi connectivity index (χ1) is 9.20. The number of nitrogens with two attached hydrogens (primary N) is 1. The minimum Gasteiger partial charge on any atom is -0.351 e. The first-order valence-corrected chi connectivity index (χ1v) is 6.33. The molecule has 1 aromatic carbocycles. The summed E-state index contributed by atoms with van der Waals surface area (Å²) in [4.78, 5) is 11.6. The van der Waals surface area contributed by atoms with Gasteiger partial charge in [0.1, 0.15) is 0 Å². The van der Waals surface area contributed by atoms with Gasteiger partial charge in [-0.3, -0.25) is 4.79 Å². The van der Waals surface area contributed by atoms with E-state index in [1.165, 1.54) is 0 Å². The van der Waals surface area contributed by atoms with E-state index < -0.39 is 6.04 Å². The van der Waals surface area contributed by atoms with Crippen molar-refractivity contribution in [1.82, 2.24) is 15.1 Å². The van der Waals surface area contributed by atoms with Gasteiger partial charge in [-0.15, -0.1) is 0 Å². The van der Waals surface area contributed by atoms with Gasteiger partial charge in [-0.2, -0.15) is 5.10 Å². The molecule has 19 heavy (non-hydrogen) atoms. The van der Waals surface area contributed by atoms with Crippen LogP contribution in [0.2, 0.25) is 0 Å². The molecule has 1 amide bonds. The Labute approximate surface area is 112 Å². The van der Waals surface area contributed by atoms with Crippen LogP contribution < -0.4 is 11.1 Å². The van der Waals surface area contributed by atoms with E-state index >= 15 is 0 Å². The van der Waals surface area contributed by atoms with E-state index in [2.05, 4.69) is 10.4 Å². The number of hydrogen-bond donors (Lipinski definition) is 2. The number of carbonyl (C=O) groups is 1. The predicted octanol–water partition coefficient (Wildman–Crippen LogP) is 1.23. The fourth-order valence-electron chi connectivity index (χ4n) is 1.68. The van der Waals surface area contributed by atoms with Crippen molar-refractivity contribution in [3.8, 4) is 5.69 Å². The predicted molar refractivity (Wildman–Crippen MR) is 73.7 cm³/mol. The first kappa shape index (κ1) is 13.3. The highest BCUT2D eigenvalue weighted by atomic mass is 16.2. The summed E-state index contributed by atoms with van der Waals surface area (Å²) in [5.74, 6) is -0.130. The van der Waals surface area contributed by atoms with E-state index in [1.54, 1.807) is 10.9 Å². The van der Waals surface area contributed by atoms with E-state index in [4.69, 9.17) is 5.73 Å². The number of nitrogens with one attached hydrogen (secondary N) is 1. The molecule has 1 atom stereocenters. The maximum Gasteiger partial charge on any atom is 0.237 e. The van der Waals surface area contributed by atoms with Gasteiger partial charge in [0.05, 0.1) is 17.9 Å². The van der Waals surface area contributed by atoms with E-state index in [0.29, 0.717) is 13.0 Å². The smallest absolute Gasteiger partial charge is 0.237 e. The molecule has 0 bridgehead atoms. The molecule has 0 saturated heterocycles. The second-order valence-corrected chi connectivity index (χ2v) is 4.36. The standard InChI is InChI=1S/C14H18N4O/c1-2-13(15)14(19)16-8-11-9-17-18(10-11)12-6-4-3-5-7-12/h3-7,9-10,13H,2,8,15H2,1H3,(H,16,19). The van der Waals surface area contributed by atoms with Gasteiger partial charge in [0, 0.05) is 18.3 Å². The SMILES string of the molecule is CCC(N)C(=O)NCc1cnn(-c2ccccc2)c1. The molecule has 5 heteroatoms. The average Bonchev–Trinajstić information content (AvgIpc) is 2.93. The molecule has 0 aliphatic carbocycles. The topological polar surface area (TPSA) is 72.9 Å². The Balaban J connectivity index is 1.97. The number of hydrogen-bond acceptors (Lipinski definition) is 3. The molecule has 0 aliphatic heterocycles. The Bertz CT molecular complexity index is 535. The summed E-state index contributed by atoms with van der Waals surface area (Å²) < 4.78 is 1.78. The molecule has 3 N–H and O–H groups in total. The lowest BCUT2D eigenvalue weighted by atomic mass is 10.2. The molecule has 2 rings (SSSR count). The zero-order chi connectivity index (χ0) is 13.7. The molecule has 1 unspecified atom stereocenters. The molecule has 1 aromatic heterocycles. The summed E-state index contributed by atoms with van der Waals surface area (Å²) in [5, 5.41) is 7.06. The minimum absolute atomic E-state index is 0.130. The first-order valence-electron chi connectivity index (χ1n) is 6.33. The van der Waals surface area contributed by atoms with Crippen LogP contribution in [0.25, 0.3) is 5.69 Å². The van der Waals surface area contributed by atoms with Gasteiger partial charge in [-0.05, 0) is 18.6 Å². The van der Waals surface area contributed by atoms with Crippen LogP contribution in [-0.2, 0) is 11.3 Å². The van der Waals surface area contributed by atoms with Gasteiger partial charge in [0.25, 0.3) is 0 Å². The zero-order valence-corrected chi connectivity index (χ0v) is 10.9. The summed E-state index contributed by atoms with van der Waals surface area (Å²) in [6.45, 7) is 2.33. The Morgan fingerprint density at radius 2 is 2.16 bits per heavy atom. The van der Waals surface area contributed by atoms with Crippen molar-refractivity contribution >= 4 is 5.91 Å². The maximum atomic E-state index is 11.6. The van der Waals surface area contributed by atoms with Crippen LogP contribution in [0, 0.1) is 0 Å². The molecular formula is C14H18N4O. The Hall–Kier alpha value is -2.14. The third-order valence-corrected chi connectivity index (χ3v) is 2.90. The Kier molecular flexibility index (Phi) is 4.30. The lowest BCUT2D eigenvalue weighted by molar-refractivity contribution is -0.122. The molecule has 0 aliphatic rings. The van der Waals surface area contributed by atoms with Crippen molar-refractivity contribution in [3.05, 3.63) is 48.3 Å². The molecule has 0 saturated carbocycles. The number of nitrogens with zero attached hydrogens (tertiary/aromatic N) is 2. The molecule has 100 valence electrons. The summed E-state index contributed by atoms with van der Waals surface area (Å²) in [7, 11) is 0. The summed E-state index contributed by atoms with van der Waals surface area (Å²) >= 11 is 0. The Morgan fingerprint density at radius 1 is 1.42 bits per heavy atom. The Morgan fingerprint density at radius 3 is 2.84 bits per heavy atom. The van der Waals surface area contributed by atoms with Gasteiger partial charge >= 0.3 is 0 Å². The van der Waals surface area contributed by atoms with Gasteiger partial charge < -0.3 is 11.1 Å². The summed E-state index contributed by atoms with van der Waals surface area (Å²) in [5.41, 5.74) is 7.58. The number of carbonyl (C=O) groups excluding carboxylic acids is 1. The lowest BCUT2D eigenvalue weighted by Gasteiger charge is -2.08. The van der Waals surface area contributed by atoms with E-state index in [9.17, 15) is 4.79 Å². The highest BCUT2D eigenvalue weighted by Gasteiger charge is 2.10. The van der Waals surface area contributed by atoms with Gasteiger partial charge in [0.15, 0.2) is 0 Å². The monoisotopic (exact) mass is 258 g/mol. The fraction of sp³-hybridized carbons (Fsp3) is 0.286. The van der Waals surface area contributed by atoms with E-state index in [-0.39, 0.29) is 5.91 Å². The number of amides is 1. The zero-order valence-electron chi connectivity index (χ0n) is 10.9. The summed E-state index contributed by atoms with van der Waals surface area (Å²) in [6, 6.07) is 9.38. The van der Waals surface area contributed by atoms with Crippen LogP contribution in [0.4, 0.5) is 0 Å². The third-order valence-electron chi connectivity index (χ3n) is 2.90. The van der Waals surface area contributed by atoms with Crippen LogP contribution in [0.5, 0.6) is 0 Å². The van der Waals surface area contributed by atoms with E-state index in [1.807, 2.05) is 43.5 Å². The van der Waals surface area contributed by atoms with Crippen LogP contribution >= 0.6 is 0 Å². The molecule has 5 nitrogen and oxygen atoms in total. The van der Waals surface area contributed by atoms with E-state index in [0.717, 1.165) is 11.3 Å². The van der Waals surface area contributed by atoms with Crippen molar-refractivity contribution in [3.63, 3.8) is 0 Å². The molecule has 0 spiro atoms. The van der Waals surface area contributed by atoms with Crippen LogP contribution in [0.3, 0.4) is 0 Å². The number of benzene rings is 1. The second kappa shape index (κ2) is 6.15.